The highest BCUT2D eigenvalue weighted by atomic mass is 32.2. The SMILES string of the molecule is NCC#Cc1ccc(S(=O)(=O)NCCCC2CC2)c(F)c1. The standard InChI is InChI=1S/C15H19FN2O2S/c16-14-11-13(3-1-9-17)7-8-15(14)21(19,20)18-10-2-4-12-5-6-12/h7-8,11-12,18H,2,4-6,9-10,17H2. The summed E-state index contributed by atoms with van der Waals surface area (Å²) >= 11 is 0. The zero-order valence-electron chi connectivity index (χ0n) is 11.7. The zero-order valence-corrected chi connectivity index (χ0v) is 12.5. The van der Waals surface area contributed by atoms with Crippen molar-refractivity contribution in [3.05, 3.63) is 29.6 Å². The Kier molecular flexibility index (Phi) is 5.34. The smallest absolute Gasteiger partial charge is 0.243 e. The van der Waals surface area contributed by atoms with Crippen molar-refractivity contribution in [2.24, 2.45) is 11.7 Å². The van der Waals surface area contributed by atoms with Gasteiger partial charge in [-0.1, -0.05) is 24.7 Å². The van der Waals surface area contributed by atoms with E-state index in [1.54, 1.807) is 0 Å². The fourth-order valence-corrected chi connectivity index (χ4v) is 3.16. The third kappa shape index (κ3) is 4.81. The molecule has 1 aliphatic rings. The predicted molar refractivity (Wildman–Crippen MR) is 79.5 cm³/mol. The molecule has 0 spiro atoms. The van der Waals surface area contributed by atoms with Crippen molar-refractivity contribution in [1.82, 2.24) is 4.72 Å². The van der Waals surface area contributed by atoms with Crippen LogP contribution in [0.4, 0.5) is 4.39 Å². The lowest BCUT2D eigenvalue weighted by Gasteiger charge is -2.07. The highest BCUT2D eigenvalue weighted by Crippen LogP contribution is 2.33. The van der Waals surface area contributed by atoms with Gasteiger partial charge in [-0.15, -0.1) is 0 Å². The minimum atomic E-state index is -3.80. The average Bonchev–Trinajstić information content (AvgIpc) is 3.25. The Morgan fingerprint density at radius 1 is 1.38 bits per heavy atom. The van der Waals surface area contributed by atoms with Crippen molar-refractivity contribution >= 4 is 10.0 Å². The van der Waals surface area contributed by atoms with Gasteiger partial charge in [0.05, 0.1) is 6.54 Å². The quantitative estimate of drug-likeness (QED) is 0.619. The molecule has 0 aliphatic heterocycles. The molecule has 0 aromatic heterocycles. The molecule has 1 saturated carbocycles. The molecular formula is C15H19FN2O2S. The lowest BCUT2D eigenvalue weighted by molar-refractivity contribution is 0.552. The van der Waals surface area contributed by atoms with Crippen LogP contribution in [0.15, 0.2) is 23.1 Å². The molecule has 1 fully saturated rings. The van der Waals surface area contributed by atoms with Crippen molar-refractivity contribution in [1.29, 1.82) is 0 Å². The Bertz CT molecular complexity index is 658. The van der Waals surface area contributed by atoms with E-state index in [4.69, 9.17) is 5.73 Å². The molecule has 0 radical (unpaired) electrons. The van der Waals surface area contributed by atoms with Crippen LogP contribution in [0.1, 0.15) is 31.2 Å². The lowest BCUT2D eigenvalue weighted by Crippen LogP contribution is -2.25. The van der Waals surface area contributed by atoms with E-state index in [-0.39, 0.29) is 11.4 Å². The number of hydrogen-bond donors (Lipinski definition) is 2. The number of sulfonamides is 1. The van der Waals surface area contributed by atoms with E-state index in [1.807, 2.05) is 0 Å². The van der Waals surface area contributed by atoms with Crippen molar-refractivity contribution in [3.8, 4) is 11.8 Å². The van der Waals surface area contributed by atoms with E-state index in [2.05, 4.69) is 16.6 Å². The van der Waals surface area contributed by atoms with Gasteiger partial charge in [0.2, 0.25) is 10.0 Å². The monoisotopic (exact) mass is 310 g/mol. The highest BCUT2D eigenvalue weighted by Gasteiger charge is 2.22. The minimum Gasteiger partial charge on any atom is -0.320 e. The van der Waals surface area contributed by atoms with E-state index in [1.165, 1.54) is 25.0 Å². The van der Waals surface area contributed by atoms with Gasteiger partial charge in [0.1, 0.15) is 10.7 Å². The molecule has 0 atom stereocenters. The maximum absolute atomic E-state index is 13.9. The Hall–Kier alpha value is -1.42. The first-order chi connectivity index (χ1) is 10.0. The first-order valence-corrected chi connectivity index (χ1v) is 8.49. The second-order valence-electron chi connectivity index (χ2n) is 5.13. The second kappa shape index (κ2) is 7.03. The fraction of sp³-hybridized carbons (Fsp3) is 0.467. The van der Waals surface area contributed by atoms with Gasteiger partial charge >= 0.3 is 0 Å². The van der Waals surface area contributed by atoms with Crippen LogP contribution in [0.5, 0.6) is 0 Å². The summed E-state index contributed by atoms with van der Waals surface area (Å²) < 4.78 is 40.4. The van der Waals surface area contributed by atoms with Crippen LogP contribution in [-0.2, 0) is 10.0 Å². The Labute approximate surface area is 125 Å². The normalized spacial score (nSPS) is 14.6. The largest absolute Gasteiger partial charge is 0.320 e. The van der Waals surface area contributed by atoms with Crippen molar-refractivity contribution < 1.29 is 12.8 Å². The van der Waals surface area contributed by atoms with E-state index in [0.29, 0.717) is 12.1 Å². The molecule has 6 heteroatoms. The third-order valence-corrected chi connectivity index (χ3v) is 4.83. The van der Waals surface area contributed by atoms with Crippen LogP contribution in [0.3, 0.4) is 0 Å². The van der Waals surface area contributed by atoms with Crippen LogP contribution < -0.4 is 10.5 Å². The number of halogens is 1. The molecule has 114 valence electrons. The molecule has 1 aliphatic carbocycles. The number of nitrogens with two attached hydrogens (primary N) is 1. The van der Waals surface area contributed by atoms with E-state index >= 15 is 0 Å². The summed E-state index contributed by atoms with van der Waals surface area (Å²) in [7, 11) is -3.80. The van der Waals surface area contributed by atoms with Gasteiger partial charge in [0.25, 0.3) is 0 Å². The summed E-state index contributed by atoms with van der Waals surface area (Å²) in [6.07, 6.45) is 4.30. The van der Waals surface area contributed by atoms with Gasteiger partial charge in [0.15, 0.2) is 0 Å². The summed E-state index contributed by atoms with van der Waals surface area (Å²) in [4.78, 5) is -0.341. The first-order valence-electron chi connectivity index (χ1n) is 7.01. The summed E-state index contributed by atoms with van der Waals surface area (Å²) in [5.41, 5.74) is 5.64. The molecule has 0 bridgehead atoms. The molecule has 3 N–H and O–H groups in total. The van der Waals surface area contributed by atoms with Crippen molar-refractivity contribution in [2.75, 3.05) is 13.1 Å². The zero-order chi connectivity index (χ0) is 15.3. The summed E-state index contributed by atoms with van der Waals surface area (Å²) in [5, 5.41) is 0. The van der Waals surface area contributed by atoms with Crippen LogP contribution in [-0.4, -0.2) is 21.5 Å². The molecular weight excluding hydrogens is 291 g/mol. The van der Waals surface area contributed by atoms with Gasteiger partial charge in [-0.25, -0.2) is 17.5 Å². The number of rotatable bonds is 6. The Morgan fingerprint density at radius 2 is 2.14 bits per heavy atom. The van der Waals surface area contributed by atoms with Crippen LogP contribution >= 0.6 is 0 Å². The minimum absolute atomic E-state index is 0.171. The second-order valence-corrected chi connectivity index (χ2v) is 6.87. The maximum Gasteiger partial charge on any atom is 0.243 e. The van der Waals surface area contributed by atoms with Gasteiger partial charge < -0.3 is 5.73 Å². The van der Waals surface area contributed by atoms with Gasteiger partial charge in [0, 0.05) is 12.1 Å². The maximum atomic E-state index is 13.9. The molecule has 4 nitrogen and oxygen atoms in total. The summed E-state index contributed by atoms with van der Waals surface area (Å²) in [5.74, 6) is 5.22. The third-order valence-electron chi connectivity index (χ3n) is 3.33. The van der Waals surface area contributed by atoms with Gasteiger partial charge in [-0.2, -0.15) is 0 Å². The summed E-state index contributed by atoms with van der Waals surface area (Å²) in [6.45, 7) is 0.511. The Morgan fingerprint density at radius 3 is 2.76 bits per heavy atom. The van der Waals surface area contributed by atoms with E-state index in [0.717, 1.165) is 24.8 Å². The molecule has 0 saturated heterocycles. The van der Waals surface area contributed by atoms with Crippen molar-refractivity contribution in [3.63, 3.8) is 0 Å². The number of benzene rings is 1. The molecule has 2 rings (SSSR count). The molecule has 0 amide bonds. The fourth-order valence-electron chi connectivity index (χ4n) is 2.03. The molecule has 21 heavy (non-hydrogen) atoms. The van der Waals surface area contributed by atoms with Crippen LogP contribution in [0.2, 0.25) is 0 Å². The lowest BCUT2D eigenvalue weighted by atomic mass is 10.2. The molecule has 0 heterocycles. The van der Waals surface area contributed by atoms with E-state index < -0.39 is 15.8 Å². The molecule has 1 aromatic rings. The van der Waals surface area contributed by atoms with Gasteiger partial charge in [-0.3, -0.25) is 0 Å². The molecule has 1 aromatic carbocycles. The first kappa shape index (κ1) is 16.0. The predicted octanol–water partition coefficient (Wildman–Crippen LogP) is 1.60. The summed E-state index contributed by atoms with van der Waals surface area (Å²) in [6, 6.07) is 3.82. The topological polar surface area (TPSA) is 72.2 Å². The average molecular weight is 310 g/mol. The van der Waals surface area contributed by atoms with Crippen molar-refractivity contribution in [2.45, 2.75) is 30.6 Å². The Balaban J connectivity index is 2.00. The van der Waals surface area contributed by atoms with E-state index in [9.17, 15) is 12.8 Å². The number of nitrogens with one attached hydrogen (secondary N) is 1. The highest BCUT2D eigenvalue weighted by molar-refractivity contribution is 7.89. The van der Waals surface area contributed by atoms with Gasteiger partial charge in [-0.05, 0) is 37.0 Å². The number of hydrogen-bond acceptors (Lipinski definition) is 3. The van der Waals surface area contributed by atoms with Crippen LogP contribution in [0, 0.1) is 23.6 Å². The van der Waals surface area contributed by atoms with Crippen LogP contribution in [0.25, 0.3) is 0 Å². The molecule has 0 unspecified atom stereocenters.